The number of hydrogen-bond donors (Lipinski definition) is 0. The Labute approximate surface area is 405 Å². The van der Waals surface area contributed by atoms with E-state index in [1.807, 2.05) is 0 Å². The van der Waals surface area contributed by atoms with Crippen LogP contribution in [-0.4, -0.2) is 4.57 Å². The SMILES string of the molecule is CC1(C)c2ccccc2-c2c(-c3ccc(N(c4ccc(-c5ccc6c7ccccc7n(-c7ccccc7)c6c5)cc4)c4ccccc4-c4cccc5cccc(C6CCCCC6)c45)cc3)cccc21. The lowest BCUT2D eigenvalue weighted by Gasteiger charge is -2.29. The third kappa shape index (κ3) is 6.84. The van der Waals surface area contributed by atoms with Crippen molar-refractivity contribution in [2.45, 2.75) is 57.3 Å². The van der Waals surface area contributed by atoms with Crippen LogP contribution in [0.2, 0.25) is 0 Å². The first-order valence-electron chi connectivity index (χ1n) is 25.0. The Balaban J connectivity index is 0.958. The predicted octanol–water partition coefficient (Wildman–Crippen LogP) is 18.8. The van der Waals surface area contributed by atoms with E-state index in [0.29, 0.717) is 5.92 Å². The fraction of sp³-hybridized carbons (Fsp3) is 0.134. The van der Waals surface area contributed by atoms with Crippen LogP contribution in [0.25, 0.3) is 82.8 Å². The van der Waals surface area contributed by atoms with E-state index in [2.05, 4.69) is 248 Å². The minimum atomic E-state index is -0.0565. The summed E-state index contributed by atoms with van der Waals surface area (Å²) in [5, 5.41) is 5.24. The minimum Gasteiger partial charge on any atom is -0.310 e. The first-order chi connectivity index (χ1) is 34.0. The largest absolute Gasteiger partial charge is 0.310 e. The van der Waals surface area contributed by atoms with Gasteiger partial charge in [0.1, 0.15) is 0 Å². The quantitative estimate of drug-likeness (QED) is 0.148. The molecule has 11 aromatic rings. The van der Waals surface area contributed by atoms with E-state index in [1.54, 1.807) is 0 Å². The maximum absolute atomic E-state index is 2.48. The lowest BCUT2D eigenvalue weighted by atomic mass is 9.80. The number of anilines is 3. The number of benzene rings is 10. The summed E-state index contributed by atoms with van der Waals surface area (Å²) in [4.78, 5) is 2.48. The van der Waals surface area contributed by atoms with E-state index >= 15 is 0 Å². The molecule has 2 aliphatic carbocycles. The molecule has 0 atom stereocenters. The number of hydrogen-bond acceptors (Lipinski definition) is 1. The highest BCUT2D eigenvalue weighted by atomic mass is 15.1. The monoisotopic (exact) mass is 886 g/mol. The topological polar surface area (TPSA) is 8.17 Å². The lowest BCUT2D eigenvalue weighted by molar-refractivity contribution is 0.445. The highest BCUT2D eigenvalue weighted by molar-refractivity contribution is 6.10. The molecule has 2 heteroatoms. The third-order valence-corrected chi connectivity index (χ3v) is 15.6. The smallest absolute Gasteiger partial charge is 0.0547 e. The van der Waals surface area contributed by atoms with Crippen LogP contribution in [0.5, 0.6) is 0 Å². The van der Waals surface area contributed by atoms with Crippen molar-refractivity contribution in [3.8, 4) is 50.2 Å². The summed E-state index contributed by atoms with van der Waals surface area (Å²) in [6.45, 7) is 4.73. The van der Waals surface area contributed by atoms with Gasteiger partial charge >= 0.3 is 0 Å². The highest BCUT2D eigenvalue weighted by Gasteiger charge is 2.36. The van der Waals surface area contributed by atoms with E-state index in [4.69, 9.17) is 0 Å². The van der Waals surface area contributed by atoms with Crippen LogP contribution >= 0.6 is 0 Å². The standard InChI is InChI=1S/C67H54N2/c1-67(2)60-30-12-9-26-59(60)66-54(28-17-31-61(66)67)47-36-41-52(42-37-47)68(62-32-13-11-25-56(62)58-29-16-21-48-20-15-27-53(65(48)58)46-18-5-3-6-19-46)51-39-34-45(35-40-51)49-38-43-57-55-24-10-14-33-63(55)69(64(57)44-49)50-22-7-4-8-23-50/h4,7-17,20-44,46H,3,5-6,18-19H2,1-2H3. The summed E-state index contributed by atoms with van der Waals surface area (Å²) < 4.78 is 2.40. The van der Waals surface area contributed by atoms with Crippen molar-refractivity contribution in [1.82, 2.24) is 4.57 Å². The molecule has 13 rings (SSSR count). The van der Waals surface area contributed by atoms with Crippen LogP contribution in [0, 0.1) is 0 Å². The van der Waals surface area contributed by atoms with Crippen molar-refractivity contribution in [1.29, 1.82) is 0 Å². The molecular weight excluding hydrogens is 833 g/mol. The fourth-order valence-corrected chi connectivity index (χ4v) is 12.3. The summed E-state index contributed by atoms with van der Waals surface area (Å²) in [6.07, 6.45) is 6.47. The normalized spacial score (nSPS) is 14.3. The average molecular weight is 887 g/mol. The molecule has 1 aromatic heterocycles. The van der Waals surface area contributed by atoms with Crippen molar-refractivity contribution >= 4 is 49.6 Å². The number of fused-ring (bicyclic) bond motifs is 7. The molecule has 1 saturated carbocycles. The van der Waals surface area contributed by atoms with Gasteiger partial charge < -0.3 is 9.47 Å². The van der Waals surface area contributed by atoms with Crippen molar-refractivity contribution in [2.75, 3.05) is 4.90 Å². The molecule has 0 radical (unpaired) electrons. The van der Waals surface area contributed by atoms with Crippen LogP contribution < -0.4 is 4.90 Å². The zero-order chi connectivity index (χ0) is 46.1. The van der Waals surface area contributed by atoms with Gasteiger partial charge in [0, 0.05) is 38.8 Å². The van der Waals surface area contributed by atoms with Crippen LogP contribution in [0.4, 0.5) is 17.1 Å². The van der Waals surface area contributed by atoms with Gasteiger partial charge in [0.05, 0.1) is 16.7 Å². The van der Waals surface area contributed by atoms with Crippen LogP contribution in [-0.2, 0) is 5.41 Å². The van der Waals surface area contributed by atoms with Crippen LogP contribution in [0.3, 0.4) is 0 Å². The van der Waals surface area contributed by atoms with Gasteiger partial charge in [-0.3, -0.25) is 0 Å². The van der Waals surface area contributed by atoms with E-state index in [0.717, 1.165) is 17.1 Å². The molecule has 2 nitrogen and oxygen atoms in total. The summed E-state index contributed by atoms with van der Waals surface area (Å²) in [5.74, 6) is 0.581. The van der Waals surface area contributed by atoms with Gasteiger partial charge in [-0.1, -0.05) is 203 Å². The van der Waals surface area contributed by atoms with E-state index < -0.39 is 0 Å². The van der Waals surface area contributed by atoms with Gasteiger partial charge in [-0.15, -0.1) is 0 Å². The van der Waals surface area contributed by atoms with Crippen LogP contribution in [0.1, 0.15) is 68.6 Å². The molecule has 0 amide bonds. The highest BCUT2D eigenvalue weighted by Crippen LogP contribution is 2.53. The maximum atomic E-state index is 2.48. The number of aromatic nitrogens is 1. The molecule has 2 aliphatic rings. The van der Waals surface area contributed by atoms with E-state index in [-0.39, 0.29) is 5.41 Å². The molecule has 1 heterocycles. The molecule has 0 unspecified atom stereocenters. The number of nitrogens with zero attached hydrogens (tertiary/aromatic N) is 2. The molecule has 332 valence electrons. The number of rotatable bonds is 8. The second-order valence-electron chi connectivity index (χ2n) is 19.9. The zero-order valence-electron chi connectivity index (χ0n) is 39.4. The molecule has 0 bridgehead atoms. The molecule has 10 aromatic carbocycles. The fourth-order valence-electron chi connectivity index (χ4n) is 12.3. The lowest BCUT2D eigenvalue weighted by Crippen LogP contribution is -2.14. The maximum Gasteiger partial charge on any atom is 0.0547 e. The van der Waals surface area contributed by atoms with Gasteiger partial charge in [-0.25, -0.2) is 0 Å². The molecule has 0 spiro atoms. The first-order valence-corrected chi connectivity index (χ1v) is 25.0. The predicted molar refractivity (Wildman–Crippen MR) is 293 cm³/mol. The molecule has 0 N–H and O–H groups in total. The number of para-hydroxylation sites is 3. The zero-order valence-corrected chi connectivity index (χ0v) is 39.4. The Morgan fingerprint density at radius 1 is 0.435 bits per heavy atom. The van der Waals surface area contributed by atoms with Crippen molar-refractivity contribution in [2.24, 2.45) is 0 Å². The molecule has 1 fully saturated rings. The van der Waals surface area contributed by atoms with E-state index in [1.165, 1.54) is 132 Å². The third-order valence-electron chi connectivity index (χ3n) is 15.6. The van der Waals surface area contributed by atoms with Crippen LogP contribution in [0.15, 0.2) is 224 Å². The summed E-state index contributed by atoms with van der Waals surface area (Å²) in [7, 11) is 0. The Bertz CT molecular complexity index is 3710. The summed E-state index contributed by atoms with van der Waals surface area (Å²) >= 11 is 0. The second kappa shape index (κ2) is 16.7. The summed E-state index contributed by atoms with van der Waals surface area (Å²) in [6, 6.07) is 83.9. The minimum absolute atomic E-state index is 0.0565. The summed E-state index contributed by atoms with van der Waals surface area (Å²) in [5.41, 5.74) is 21.3. The Morgan fingerprint density at radius 3 is 1.83 bits per heavy atom. The van der Waals surface area contributed by atoms with Crippen molar-refractivity contribution < 1.29 is 0 Å². The van der Waals surface area contributed by atoms with Gasteiger partial charge in [-0.05, 0) is 140 Å². The van der Waals surface area contributed by atoms with Crippen molar-refractivity contribution in [3.05, 3.63) is 241 Å². The van der Waals surface area contributed by atoms with Crippen molar-refractivity contribution in [3.63, 3.8) is 0 Å². The average Bonchev–Trinajstić information content (AvgIpc) is 3.87. The molecule has 69 heavy (non-hydrogen) atoms. The molecule has 0 saturated heterocycles. The molecule has 0 aliphatic heterocycles. The van der Waals surface area contributed by atoms with Gasteiger partial charge in [-0.2, -0.15) is 0 Å². The Hall–Kier alpha value is -7.94. The van der Waals surface area contributed by atoms with Gasteiger partial charge in [0.15, 0.2) is 0 Å². The molecular formula is C67H54N2. The van der Waals surface area contributed by atoms with Gasteiger partial charge in [0.2, 0.25) is 0 Å². The Kier molecular flexibility index (Phi) is 9.98. The first kappa shape index (κ1) is 41.3. The Morgan fingerprint density at radius 2 is 1.03 bits per heavy atom. The van der Waals surface area contributed by atoms with E-state index in [9.17, 15) is 0 Å². The van der Waals surface area contributed by atoms with Gasteiger partial charge in [0.25, 0.3) is 0 Å². The second-order valence-corrected chi connectivity index (χ2v) is 19.9.